The van der Waals surface area contributed by atoms with Crippen LogP contribution in [0.2, 0.25) is 0 Å². The Morgan fingerprint density at radius 3 is 1.03 bits per heavy atom. The largest absolute Gasteiger partial charge is 0.386 e. The summed E-state index contributed by atoms with van der Waals surface area (Å²) in [5.74, 6) is -1.19. The lowest BCUT2D eigenvalue weighted by atomic mass is 9.83. The summed E-state index contributed by atoms with van der Waals surface area (Å²) in [6.45, 7) is 20.4. The predicted octanol–water partition coefficient (Wildman–Crippen LogP) is 6.51. The van der Waals surface area contributed by atoms with Crippen LogP contribution in [0.5, 0.6) is 0 Å². The fourth-order valence-corrected chi connectivity index (χ4v) is 3.62. The maximum absolute atomic E-state index is 12.8. The molecular formula is C26H34O3. The smallest absolute Gasteiger partial charge is 0.346 e. The highest BCUT2D eigenvalue weighted by molar-refractivity contribution is 6.05. The first-order valence-corrected chi connectivity index (χ1v) is 10.1. The Kier molecular flexibility index (Phi) is 6.13. The van der Waals surface area contributed by atoms with Crippen molar-refractivity contribution in [1.82, 2.24) is 0 Å². The van der Waals surface area contributed by atoms with E-state index >= 15 is 0 Å². The molecule has 29 heavy (non-hydrogen) atoms. The van der Waals surface area contributed by atoms with Crippen LogP contribution < -0.4 is 0 Å². The molecule has 0 radical (unpaired) electrons. The molecule has 2 aromatic carbocycles. The second-order valence-corrected chi connectivity index (χ2v) is 10.1. The number of esters is 2. The molecule has 0 atom stereocenters. The average molecular weight is 395 g/mol. The lowest BCUT2D eigenvalue weighted by molar-refractivity contribution is 0.0396. The van der Waals surface area contributed by atoms with E-state index in [1.807, 2.05) is 52.0 Å². The second-order valence-electron chi connectivity index (χ2n) is 10.1. The van der Waals surface area contributed by atoms with Gasteiger partial charge in [0.25, 0.3) is 0 Å². The van der Waals surface area contributed by atoms with Gasteiger partial charge in [-0.25, -0.2) is 9.59 Å². The fourth-order valence-electron chi connectivity index (χ4n) is 3.62. The van der Waals surface area contributed by atoms with Crippen LogP contribution in [0.25, 0.3) is 0 Å². The maximum Gasteiger partial charge on any atom is 0.346 e. The van der Waals surface area contributed by atoms with E-state index in [0.29, 0.717) is 11.1 Å². The number of benzene rings is 2. The highest BCUT2D eigenvalue weighted by Crippen LogP contribution is 2.29. The predicted molar refractivity (Wildman–Crippen MR) is 119 cm³/mol. The normalized spacial score (nSPS) is 12.1. The summed E-state index contributed by atoms with van der Waals surface area (Å²) in [6, 6.07) is 8.01. The topological polar surface area (TPSA) is 43.4 Å². The molecule has 0 spiro atoms. The minimum absolute atomic E-state index is 0.0171. The van der Waals surface area contributed by atoms with Crippen LogP contribution in [-0.2, 0) is 15.6 Å². The van der Waals surface area contributed by atoms with Crippen molar-refractivity contribution in [3.63, 3.8) is 0 Å². The van der Waals surface area contributed by atoms with E-state index in [-0.39, 0.29) is 10.8 Å². The summed E-state index contributed by atoms with van der Waals surface area (Å²) in [4.78, 5) is 25.7. The Balaban J connectivity index is 2.37. The third kappa shape index (κ3) is 4.95. The van der Waals surface area contributed by atoms with Gasteiger partial charge in [-0.2, -0.15) is 0 Å². The first kappa shape index (κ1) is 22.9. The molecule has 3 nitrogen and oxygen atoms in total. The van der Waals surface area contributed by atoms with E-state index in [1.165, 1.54) is 0 Å². The average Bonchev–Trinajstić information content (AvgIpc) is 2.51. The van der Waals surface area contributed by atoms with Crippen LogP contribution in [0.3, 0.4) is 0 Å². The Morgan fingerprint density at radius 2 is 0.828 bits per heavy atom. The van der Waals surface area contributed by atoms with Crippen LogP contribution in [0.1, 0.15) is 95.6 Å². The Morgan fingerprint density at radius 1 is 0.586 bits per heavy atom. The van der Waals surface area contributed by atoms with Gasteiger partial charge in [-0.05, 0) is 71.9 Å². The molecule has 0 N–H and O–H groups in total. The summed E-state index contributed by atoms with van der Waals surface area (Å²) >= 11 is 0. The molecule has 0 aliphatic heterocycles. The molecule has 2 rings (SSSR count). The van der Waals surface area contributed by atoms with E-state index in [9.17, 15) is 9.59 Å². The van der Waals surface area contributed by atoms with Gasteiger partial charge in [0.1, 0.15) is 0 Å². The minimum atomic E-state index is -0.593. The van der Waals surface area contributed by atoms with Crippen molar-refractivity contribution in [1.29, 1.82) is 0 Å². The molecule has 0 heterocycles. The van der Waals surface area contributed by atoms with E-state index in [4.69, 9.17) is 4.74 Å². The minimum Gasteiger partial charge on any atom is -0.386 e. The van der Waals surface area contributed by atoms with Gasteiger partial charge in [0.2, 0.25) is 0 Å². The van der Waals surface area contributed by atoms with Crippen LogP contribution >= 0.6 is 0 Å². The molecule has 0 saturated carbocycles. The number of carbonyl (C=O) groups is 2. The summed E-state index contributed by atoms with van der Waals surface area (Å²) in [5, 5.41) is 0. The molecule has 0 bridgehead atoms. The van der Waals surface area contributed by atoms with E-state index in [1.54, 1.807) is 0 Å². The van der Waals surface area contributed by atoms with Crippen LogP contribution in [0.4, 0.5) is 0 Å². The zero-order valence-electron chi connectivity index (χ0n) is 19.5. The Bertz CT molecular complexity index is 841. The van der Waals surface area contributed by atoms with Crippen molar-refractivity contribution in [2.24, 2.45) is 0 Å². The Labute approximate surface area is 175 Å². The van der Waals surface area contributed by atoms with Crippen molar-refractivity contribution in [3.8, 4) is 0 Å². The van der Waals surface area contributed by atoms with Crippen LogP contribution in [0.15, 0.2) is 24.3 Å². The van der Waals surface area contributed by atoms with E-state index in [2.05, 4.69) is 41.5 Å². The molecule has 0 aliphatic rings. The monoisotopic (exact) mass is 394 g/mol. The third-order valence-corrected chi connectivity index (χ3v) is 5.39. The quantitative estimate of drug-likeness (QED) is 0.430. The molecule has 2 aromatic rings. The van der Waals surface area contributed by atoms with Crippen molar-refractivity contribution >= 4 is 11.9 Å². The van der Waals surface area contributed by atoms with Gasteiger partial charge in [0.05, 0.1) is 11.1 Å². The fraction of sp³-hybridized carbons (Fsp3) is 0.462. The second kappa shape index (κ2) is 7.78. The summed E-state index contributed by atoms with van der Waals surface area (Å²) < 4.78 is 5.32. The van der Waals surface area contributed by atoms with Gasteiger partial charge in [-0.15, -0.1) is 0 Å². The third-order valence-electron chi connectivity index (χ3n) is 5.39. The molecule has 156 valence electrons. The molecular weight excluding hydrogens is 360 g/mol. The van der Waals surface area contributed by atoms with Gasteiger partial charge in [-0.3, -0.25) is 0 Å². The molecule has 0 aliphatic carbocycles. The van der Waals surface area contributed by atoms with Gasteiger partial charge < -0.3 is 4.74 Å². The zero-order valence-corrected chi connectivity index (χ0v) is 19.5. The maximum atomic E-state index is 12.8. The van der Waals surface area contributed by atoms with Crippen molar-refractivity contribution in [2.75, 3.05) is 0 Å². The molecule has 0 amide bonds. The van der Waals surface area contributed by atoms with E-state index < -0.39 is 11.9 Å². The molecule has 0 aromatic heterocycles. The number of hydrogen-bond donors (Lipinski definition) is 0. The summed E-state index contributed by atoms with van der Waals surface area (Å²) in [6.07, 6.45) is 0. The highest BCUT2D eigenvalue weighted by atomic mass is 16.6. The Hall–Kier alpha value is -2.42. The summed E-state index contributed by atoms with van der Waals surface area (Å²) in [7, 11) is 0. The number of ether oxygens (including phenoxy) is 1. The molecule has 0 saturated heterocycles. The number of aryl methyl sites for hydroxylation is 4. The van der Waals surface area contributed by atoms with E-state index in [0.717, 1.165) is 33.4 Å². The molecule has 0 unspecified atom stereocenters. The van der Waals surface area contributed by atoms with Crippen molar-refractivity contribution in [2.45, 2.75) is 80.1 Å². The standard InChI is InChI=1S/C26H34O3/c1-15-11-19(25(5,6)7)12-16(2)21(15)23(27)29-24(28)22-17(3)13-20(14-18(22)4)26(8,9)10/h11-14H,1-10H3. The SMILES string of the molecule is Cc1cc(C(C)(C)C)cc(C)c1C(=O)OC(=O)c1c(C)cc(C(C)(C)C)cc1C. The van der Waals surface area contributed by atoms with Gasteiger partial charge in [-0.1, -0.05) is 65.8 Å². The van der Waals surface area contributed by atoms with Gasteiger partial charge in [0, 0.05) is 0 Å². The molecule has 0 fully saturated rings. The first-order valence-electron chi connectivity index (χ1n) is 10.1. The van der Waals surface area contributed by atoms with Crippen molar-refractivity contribution < 1.29 is 14.3 Å². The lowest BCUT2D eigenvalue weighted by Gasteiger charge is -2.22. The van der Waals surface area contributed by atoms with Gasteiger partial charge >= 0.3 is 11.9 Å². The lowest BCUT2D eigenvalue weighted by Crippen LogP contribution is -2.19. The molecule has 3 heteroatoms. The van der Waals surface area contributed by atoms with Crippen LogP contribution in [0, 0.1) is 27.7 Å². The number of hydrogen-bond acceptors (Lipinski definition) is 3. The first-order chi connectivity index (χ1) is 13.1. The van der Waals surface area contributed by atoms with Gasteiger partial charge in [0.15, 0.2) is 0 Å². The van der Waals surface area contributed by atoms with Crippen molar-refractivity contribution in [3.05, 3.63) is 68.8 Å². The number of carbonyl (C=O) groups excluding carboxylic acids is 2. The summed E-state index contributed by atoms with van der Waals surface area (Å²) in [5.41, 5.74) is 6.50. The highest BCUT2D eigenvalue weighted by Gasteiger charge is 2.25. The van der Waals surface area contributed by atoms with Crippen LogP contribution in [-0.4, -0.2) is 11.9 Å². The zero-order chi connectivity index (χ0) is 22.3. The number of rotatable bonds is 2.